The fourth-order valence-corrected chi connectivity index (χ4v) is 7.18. The monoisotopic (exact) mass is 601 g/mol. The Labute approximate surface area is 252 Å². The van der Waals surface area contributed by atoms with E-state index in [9.17, 15) is 9.50 Å². The van der Waals surface area contributed by atoms with Gasteiger partial charge < -0.3 is 15.2 Å². The van der Waals surface area contributed by atoms with Crippen LogP contribution in [0, 0.1) is 23.1 Å². The van der Waals surface area contributed by atoms with Gasteiger partial charge in [0.2, 0.25) is 0 Å². The standard InChI is InChI=1S/C32H29ClFN5O2S/c1-32(17-40)24-14-39(15-25(24)32)13-19-5-7-21(8-6-19)30-38-28-29(35-18-36-31(28)42-30)37-23-9-10-27(26(33)12-23)41-16-20-3-2-4-22(34)11-20/h2-12,18,24-25,40H,13-17H2,1H3,(H,35,36,37)/t24-,25+,32?. The number of halogens is 2. The number of nitrogens with one attached hydrogen (secondary N) is 1. The van der Waals surface area contributed by atoms with Crippen molar-refractivity contribution in [3.8, 4) is 16.3 Å². The average molecular weight is 602 g/mol. The van der Waals surface area contributed by atoms with E-state index in [2.05, 4.69) is 51.4 Å². The van der Waals surface area contributed by atoms with Gasteiger partial charge in [-0.15, -0.1) is 0 Å². The highest BCUT2D eigenvalue weighted by Crippen LogP contribution is 2.62. The van der Waals surface area contributed by atoms with E-state index in [0.29, 0.717) is 40.5 Å². The molecule has 0 spiro atoms. The topological polar surface area (TPSA) is 83.4 Å². The number of piperidine rings is 1. The number of hydrogen-bond donors (Lipinski definition) is 2. The van der Waals surface area contributed by atoms with Crippen LogP contribution in [-0.2, 0) is 13.2 Å². The Morgan fingerprint density at radius 3 is 2.62 bits per heavy atom. The molecule has 1 aliphatic carbocycles. The molecule has 214 valence electrons. The molecule has 1 unspecified atom stereocenters. The van der Waals surface area contributed by atoms with E-state index in [1.165, 1.54) is 35.4 Å². The number of anilines is 2. The van der Waals surface area contributed by atoms with Gasteiger partial charge in [-0.2, -0.15) is 0 Å². The molecule has 0 bridgehead atoms. The molecule has 0 amide bonds. The summed E-state index contributed by atoms with van der Waals surface area (Å²) in [5.41, 5.74) is 4.59. The van der Waals surface area contributed by atoms with Crippen molar-refractivity contribution < 1.29 is 14.2 Å². The summed E-state index contributed by atoms with van der Waals surface area (Å²) in [6, 6.07) is 20.2. The largest absolute Gasteiger partial charge is 0.487 e. The normalized spacial score (nSPS) is 21.4. The molecule has 1 saturated heterocycles. The highest BCUT2D eigenvalue weighted by molar-refractivity contribution is 7.21. The van der Waals surface area contributed by atoms with Crippen LogP contribution in [-0.4, -0.2) is 44.7 Å². The van der Waals surface area contributed by atoms with Crippen molar-refractivity contribution in [2.24, 2.45) is 17.3 Å². The van der Waals surface area contributed by atoms with E-state index < -0.39 is 0 Å². The van der Waals surface area contributed by atoms with Crippen molar-refractivity contribution in [1.82, 2.24) is 19.9 Å². The van der Waals surface area contributed by atoms with Crippen LogP contribution in [0.15, 0.2) is 73.1 Å². The molecular formula is C32H29ClFN5O2S. The van der Waals surface area contributed by atoms with E-state index >= 15 is 0 Å². The molecule has 1 saturated carbocycles. The highest BCUT2D eigenvalue weighted by Gasteiger charge is 2.64. The van der Waals surface area contributed by atoms with Crippen molar-refractivity contribution in [2.45, 2.75) is 20.1 Å². The summed E-state index contributed by atoms with van der Waals surface area (Å²) >= 11 is 8.02. The third kappa shape index (κ3) is 5.22. The summed E-state index contributed by atoms with van der Waals surface area (Å²) in [5, 5.41) is 14.3. The van der Waals surface area contributed by atoms with Crippen molar-refractivity contribution >= 4 is 44.8 Å². The average Bonchev–Trinajstić information content (AvgIpc) is 3.35. The molecule has 1 aliphatic heterocycles. The first-order valence-corrected chi connectivity index (χ1v) is 15.1. The second-order valence-corrected chi connectivity index (χ2v) is 12.7. The van der Waals surface area contributed by atoms with Gasteiger partial charge in [0.05, 0.1) is 5.02 Å². The van der Waals surface area contributed by atoms with E-state index in [-0.39, 0.29) is 17.8 Å². The molecule has 10 heteroatoms. The summed E-state index contributed by atoms with van der Waals surface area (Å²) in [7, 11) is 0. The Kier molecular flexibility index (Phi) is 7.06. The fraction of sp³-hybridized carbons (Fsp3) is 0.281. The molecule has 3 atom stereocenters. The van der Waals surface area contributed by atoms with Crippen LogP contribution in [0.5, 0.6) is 5.75 Å². The zero-order valence-corrected chi connectivity index (χ0v) is 24.5. The number of nitrogens with zero attached hydrogens (tertiary/aromatic N) is 4. The van der Waals surface area contributed by atoms with Gasteiger partial charge in [-0.25, -0.2) is 19.3 Å². The predicted octanol–water partition coefficient (Wildman–Crippen LogP) is 6.93. The molecule has 7 nitrogen and oxygen atoms in total. The van der Waals surface area contributed by atoms with Crippen LogP contribution in [0.2, 0.25) is 5.02 Å². The molecular weight excluding hydrogens is 573 g/mol. The number of thiazole rings is 1. The number of aliphatic hydroxyl groups excluding tert-OH is 1. The predicted molar refractivity (Wildman–Crippen MR) is 164 cm³/mol. The molecule has 2 fully saturated rings. The van der Waals surface area contributed by atoms with E-state index in [1.54, 1.807) is 24.3 Å². The van der Waals surface area contributed by atoms with Gasteiger partial charge in [0, 0.05) is 37.5 Å². The number of aromatic nitrogens is 3. The van der Waals surface area contributed by atoms with Crippen LogP contribution in [0.25, 0.3) is 20.9 Å². The molecule has 0 radical (unpaired) electrons. The highest BCUT2D eigenvalue weighted by atomic mass is 35.5. The first-order chi connectivity index (χ1) is 20.4. The summed E-state index contributed by atoms with van der Waals surface area (Å²) in [4.78, 5) is 17.0. The van der Waals surface area contributed by atoms with Gasteiger partial charge in [-0.1, -0.05) is 66.3 Å². The molecule has 2 aromatic heterocycles. The van der Waals surface area contributed by atoms with Crippen LogP contribution in [0.3, 0.4) is 0 Å². The number of aliphatic hydroxyl groups is 1. The van der Waals surface area contributed by atoms with Gasteiger partial charge >= 0.3 is 0 Å². The number of fused-ring (bicyclic) bond motifs is 2. The molecule has 42 heavy (non-hydrogen) atoms. The van der Waals surface area contributed by atoms with Crippen molar-refractivity contribution in [3.63, 3.8) is 0 Å². The van der Waals surface area contributed by atoms with Crippen molar-refractivity contribution in [1.29, 1.82) is 0 Å². The lowest BCUT2D eigenvalue weighted by Gasteiger charge is -2.22. The zero-order chi connectivity index (χ0) is 28.8. The van der Waals surface area contributed by atoms with Gasteiger partial charge in [-0.3, -0.25) is 4.90 Å². The second-order valence-electron chi connectivity index (χ2n) is 11.4. The van der Waals surface area contributed by atoms with Gasteiger partial charge in [0.15, 0.2) is 5.82 Å². The van der Waals surface area contributed by atoms with E-state index in [1.807, 2.05) is 6.07 Å². The Balaban J connectivity index is 1.02. The minimum absolute atomic E-state index is 0.138. The van der Waals surface area contributed by atoms with Gasteiger partial charge in [0.1, 0.15) is 39.9 Å². The quantitative estimate of drug-likeness (QED) is 0.190. The van der Waals surface area contributed by atoms with E-state index in [0.717, 1.165) is 46.3 Å². The smallest absolute Gasteiger partial charge is 0.161 e. The lowest BCUT2D eigenvalue weighted by Crippen LogP contribution is -2.28. The molecule has 3 heterocycles. The van der Waals surface area contributed by atoms with Crippen LogP contribution in [0.4, 0.5) is 15.9 Å². The maximum atomic E-state index is 13.5. The van der Waals surface area contributed by atoms with Crippen molar-refractivity contribution in [2.75, 3.05) is 25.0 Å². The first-order valence-electron chi connectivity index (χ1n) is 13.9. The van der Waals surface area contributed by atoms with E-state index in [4.69, 9.17) is 21.3 Å². The third-order valence-corrected chi connectivity index (χ3v) is 9.91. The second kappa shape index (κ2) is 10.9. The molecule has 2 aliphatic rings. The Hall–Kier alpha value is -3.63. The molecule has 7 rings (SSSR count). The maximum absolute atomic E-state index is 13.5. The third-order valence-electron chi connectivity index (χ3n) is 8.60. The Morgan fingerprint density at radius 1 is 1.07 bits per heavy atom. The molecule has 2 N–H and O–H groups in total. The molecule has 3 aromatic carbocycles. The first kappa shape index (κ1) is 27.2. The summed E-state index contributed by atoms with van der Waals surface area (Å²) in [6.45, 7) is 5.75. The van der Waals surface area contributed by atoms with Crippen LogP contribution in [0.1, 0.15) is 18.1 Å². The van der Waals surface area contributed by atoms with Gasteiger partial charge in [-0.05, 0) is 58.7 Å². The fourth-order valence-electron chi connectivity index (χ4n) is 6.03. The number of likely N-dealkylation sites (tertiary alicyclic amines) is 1. The minimum Gasteiger partial charge on any atom is -0.487 e. The minimum atomic E-state index is -0.304. The maximum Gasteiger partial charge on any atom is 0.161 e. The number of rotatable bonds is 9. The Bertz CT molecular complexity index is 1750. The lowest BCUT2D eigenvalue weighted by atomic mass is 10.0. The van der Waals surface area contributed by atoms with Crippen LogP contribution < -0.4 is 10.1 Å². The summed E-state index contributed by atoms with van der Waals surface area (Å²) in [6.07, 6.45) is 1.52. The van der Waals surface area contributed by atoms with Crippen molar-refractivity contribution in [3.05, 3.63) is 95.0 Å². The SMILES string of the molecule is CC1(CO)[C@@H]2CN(Cc3ccc(-c4nc5c(Nc6ccc(OCc7cccc(F)c7)c(Cl)c6)ncnc5s4)cc3)C[C@@H]21. The lowest BCUT2D eigenvalue weighted by molar-refractivity contribution is 0.160. The summed E-state index contributed by atoms with van der Waals surface area (Å²) < 4.78 is 19.2. The Morgan fingerprint density at radius 2 is 1.88 bits per heavy atom. The number of ether oxygens (including phenoxy) is 1. The zero-order valence-electron chi connectivity index (χ0n) is 22.9. The molecule has 5 aromatic rings. The summed E-state index contributed by atoms with van der Waals surface area (Å²) in [5.74, 6) is 2.04. The van der Waals surface area contributed by atoms with Crippen LogP contribution >= 0.6 is 22.9 Å². The number of benzene rings is 3. The van der Waals surface area contributed by atoms with Gasteiger partial charge in [0.25, 0.3) is 0 Å². The number of hydrogen-bond acceptors (Lipinski definition) is 8.